The SMILES string of the molecule is CC(N)=NCCSC[C@](C)(N)C(=O)O.O=C(O)c1ccccc1O. The summed E-state index contributed by atoms with van der Waals surface area (Å²) in [5.41, 5.74) is 9.62. The van der Waals surface area contributed by atoms with Crippen molar-refractivity contribution in [3.63, 3.8) is 0 Å². The highest BCUT2D eigenvalue weighted by Crippen LogP contribution is 2.14. The van der Waals surface area contributed by atoms with Crippen LogP contribution in [0.25, 0.3) is 0 Å². The third-order valence-electron chi connectivity index (χ3n) is 2.62. The van der Waals surface area contributed by atoms with E-state index in [-0.39, 0.29) is 11.3 Å². The summed E-state index contributed by atoms with van der Waals surface area (Å²) in [4.78, 5) is 24.8. The Kier molecular flexibility index (Phi) is 9.51. The van der Waals surface area contributed by atoms with Crippen molar-refractivity contribution in [3.8, 4) is 5.75 Å². The van der Waals surface area contributed by atoms with Crippen LogP contribution >= 0.6 is 11.8 Å². The number of phenols is 1. The third kappa shape index (κ3) is 9.01. The van der Waals surface area contributed by atoms with Crippen molar-refractivity contribution in [2.75, 3.05) is 18.1 Å². The number of aliphatic imine (C=N–C) groups is 1. The number of aromatic hydroxyl groups is 1. The molecule has 0 spiro atoms. The van der Waals surface area contributed by atoms with Gasteiger partial charge in [0.1, 0.15) is 16.9 Å². The maximum absolute atomic E-state index is 10.6. The quantitative estimate of drug-likeness (QED) is 0.274. The van der Waals surface area contributed by atoms with E-state index in [4.69, 9.17) is 26.8 Å². The number of nitrogens with zero attached hydrogens (tertiary/aromatic N) is 1. The first kappa shape index (κ1) is 21.7. The van der Waals surface area contributed by atoms with Crippen LogP contribution in [0.15, 0.2) is 29.3 Å². The van der Waals surface area contributed by atoms with Gasteiger partial charge < -0.3 is 26.8 Å². The van der Waals surface area contributed by atoms with E-state index in [0.29, 0.717) is 18.1 Å². The fourth-order valence-electron chi connectivity index (χ4n) is 1.29. The molecule has 0 fully saturated rings. The van der Waals surface area contributed by atoms with Gasteiger partial charge in [0.15, 0.2) is 0 Å². The molecule has 0 bridgehead atoms. The van der Waals surface area contributed by atoms with Crippen LogP contribution in [0.3, 0.4) is 0 Å². The van der Waals surface area contributed by atoms with E-state index in [0.717, 1.165) is 5.75 Å². The van der Waals surface area contributed by atoms with Crippen LogP contribution in [0, 0.1) is 0 Å². The number of hydrogen-bond donors (Lipinski definition) is 5. The molecule has 0 saturated carbocycles. The number of aromatic carboxylic acids is 1. The van der Waals surface area contributed by atoms with Crippen LogP contribution in [0.4, 0.5) is 0 Å². The number of benzene rings is 1. The van der Waals surface area contributed by atoms with Gasteiger partial charge in [-0.3, -0.25) is 9.79 Å². The fraction of sp³-hybridized carbons (Fsp3) is 0.400. The van der Waals surface area contributed by atoms with Gasteiger partial charge in [-0.05, 0) is 26.0 Å². The summed E-state index contributed by atoms with van der Waals surface area (Å²) in [5.74, 6) is -0.647. The second-order valence-electron chi connectivity index (χ2n) is 5.12. The molecule has 0 saturated heterocycles. The molecule has 0 heterocycles. The number of carbonyl (C=O) groups is 2. The predicted molar refractivity (Wildman–Crippen MR) is 94.8 cm³/mol. The summed E-state index contributed by atoms with van der Waals surface area (Å²) in [6.45, 7) is 3.82. The lowest BCUT2D eigenvalue weighted by Crippen LogP contribution is -2.47. The summed E-state index contributed by atoms with van der Waals surface area (Å²) in [7, 11) is 0. The zero-order valence-electron chi connectivity index (χ0n) is 13.6. The summed E-state index contributed by atoms with van der Waals surface area (Å²) in [5, 5.41) is 26.0. The van der Waals surface area contributed by atoms with Crippen molar-refractivity contribution >= 4 is 29.5 Å². The Labute approximate surface area is 144 Å². The number of carboxylic acids is 2. The molecule has 0 aliphatic carbocycles. The highest BCUT2D eigenvalue weighted by Gasteiger charge is 2.27. The van der Waals surface area contributed by atoms with Crippen molar-refractivity contribution < 1.29 is 24.9 Å². The molecule has 24 heavy (non-hydrogen) atoms. The van der Waals surface area contributed by atoms with Crippen LogP contribution in [0.5, 0.6) is 5.75 Å². The molecule has 9 heteroatoms. The predicted octanol–water partition coefficient (Wildman–Crippen LogP) is 0.989. The lowest BCUT2D eigenvalue weighted by molar-refractivity contribution is -0.141. The van der Waals surface area contributed by atoms with Gasteiger partial charge >= 0.3 is 11.9 Å². The Balaban J connectivity index is 0.000000463. The molecule has 1 atom stereocenters. The van der Waals surface area contributed by atoms with Crippen LogP contribution in [0.2, 0.25) is 0 Å². The summed E-state index contributed by atoms with van der Waals surface area (Å²) >= 11 is 1.46. The standard InChI is InChI=1S/C8H17N3O2S.C7H6O3/c1-6(9)11-3-4-14-5-8(2,10)7(12)13;8-6-4-2-1-3-5(6)7(9)10/h3-5,10H2,1-2H3,(H2,9,11)(H,12,13);1-4,8H,(H,9,10)/t8-;/m0./s1. The topological polar surface area (TPSA) is 159 Å². The molecule has 8 nitrogen and oxygen atoms in total. The first-order valence-corrected chi connectivity index (χ1v) is 8.11. The van der Waals surface area contributed by atoms with Crippen molar-refractivity contribution in [3.05, 3.63) is 29.8 Å². The van der Waals surface area contributed by atoms with Crippen LogP contribution in [-0.2, 0) is 4.79 Å². The van der Waals surface area contributed by atoms with Crippen molar-refractivity contribution in [2.24, 2.45) is 16.5 Å². The van der Waals surface area contributed by atoms with Gasteiger partial charge in [0, 0.05) is 18.1 Å². The van der Waals surface area contributed by atoms with Gasteiger partial charge in [0.2, 0.25) is 0 Å². The minimum Gasteiger partial charge on any atom is -0.507 e. The highest BCUT2D eigenvalue weighted by atomic mass is 32.2. The van der Waals surface area contributed by atoms with Crippen molar-refractivity contribution in [2.45, 2.75) is 19.4 Å². The van der Waals surface area contributed by atoms with E-state index in [9.17, 15) is 9.59 Å². The molecule has 0 aliphatic rings. The maximum atomic E-state index is 10.6. The first-order valence-electron chi connectivity index (χ1n) is 6.95. The highest BCUT2D eigenvalue weighted by molar-refractivity contribution is 7.99. The lowest BCUT2D eigenvalue weighted by atomic mass is 10.1. The third-order valence-corrected chi connectivity index (χ3v) is 3.90. The molecule has 0 unspecified atom stereocenters. The zero-order valence-corrected chi connectivity index (χ0v) is 14.4. The van der Waals surface area contributed by atoms with E-state index < -0.39 is 17.5 Å². The second kappa shape index (κ2) is 10.5. The number of hydrogen-bond acceptors (Lipinski definition) is 6. The fourth-order valence-corrected chi connectivity index (χ4v) is 2.20. The van der Waals surface area contributed by atoms with Gasteiger partial charge in [-0.15, -0.1) is 0 Å². The average molecular weight is 357 g/mol. The smallest absolute Gasteiger partial charge is 0.339 e. The first-order chi connectivity index (χ1) is 11.1. The largest absolute Gasteiger partial charge is 0.507 e. The molecule has 1 rings (SSSR count). The van der Waals surface area contributed by atoms with E-state index >= 15 is 0 Å². The normalized spacial score (nSPS) is 13.4. The molecule has 0 aromatic heterocycles. The van der Waals surface area contributed by atoms with E-state index in [2.05, 4.69) is 4.99 Å². The molecular weight excluding hydrogens is 334 g/mol. The minimum absolute atomic E-state index is 0.0671. The van der Waals surface area contributed by atoms with Gasteiger partial charge in [-0.1, -0.05) is 12.1 Å². The summed E-state index contributed by atoms with van der Waals surface area (Å²) in [6.07, 6.45) is 0. The van der Waals surface area contributed by atoms with Crippen LogP contribution < -0.4 is 11.5 Å². The molecule has 1 aromatic rings. The van der Waals surface area contributed by atoms with E-state index in [1.807, 2.05) is 0 Å². The molecule has 1 aromatic carbocycles. The number of aliphatic carboxylic acids is 1. The lowest BCUT2D eigenvalue weighted by Gasteiger charge is -2.17. The second-order valence-corrected chi connectivity index (χ2v) is 6.23. The number of carboxylic acid groups (broad SMARTS) is 2. The van der Waals surface area contributed by atoms with Crippen molar-refractivity contribution in [1.82, 2.24) is 0 Å². The molecule has 7 N–H and O–H groups in total. The molecular formula is C15H23N3O5S. The van der Waals surface area contributed by atoms with E-state index in [1.165, 1.54) is 30.8 Å². The molecule has 0 aliphatic heterocycles. The van der Waals surface area contributed by atoms with Gasteiger partial charge in [-0.25, -0.2) is 4.79 Å². The monoisotopic (exact) mass is 357 g/mol. The van der Waals surface area contributed by atoms with Crippen LogP contribution in [0.1, 0.15) is 24.2 Å². The molecule has 0 amide bonds. The summed E-state index contributed by atoms with van der Waals surface area (Å²) in [6, 6.07) is 5.81. The average Bonchev–Trinajstić information content (AvgIpc) is 2.47. The number of nitrogens with two attached hydrogens (primary N) is 2. The number of para-hydroxylation sites is 1. The van der Waals surface area contributed by atoms with Crippen LogP contribution in [-0.4, -0.2) is 56.7 Å². The summed E-state index contributed by atoms with van der Waals surface area (Å²) < 4.78 is 0. The Morgan fingerprint density at radius 3 is 2.29 bits per heavy atom. The van der Waals surface area contributed by atoms with E-state index in [1.54, 1.807) is 19.1 Å². The number of thioether (sulfide) groups is 1. The Bertz CT molecular complexity index is 586. The van der Waals surface area contributed by atoms with Gasteiger partial charge in [0.05, 0.1) is 5.84 Å². The Morgan fingerprint density at radius 1 is 1.29 bits per heavy atom. The molecule has 0 radical (unpaired) electrons. The minimum atomic E-state index is -1.16. The number of amidine groups is 1. The van der Waals surface area contributed by atoms with Gasteiger partial charge in [0.25, 0.3) is 0 Å². The number of rotatable bonds is 7. The zero-order chi connectivity index (χ0) is 18.8. The van der Waals surface area contributed by atoms with Gasteiger partial charge in [-0.2, -0.15) is 11.8 Å². The van der Waals surface area contributed by atoms with Crippen molar-refractivity contribution in [1.29, 1.82) is 0 Å². The Hall–Kier alpha value is -2.26. The Morgan fingerprint density at radius 2 is 1.88 bits per heavy atom. The molecule has 134 valence electrons. The maximum Gasteiger partial charge on any atom is 0.339 e.